The standard InChI is InChI=1S/C13H27N3O/c1-3-12(14)9-13(17)15-11(2)10-16-7-5-4-6-8-16/h11-12H,3-10,14H2,1-2H3,(H,15,17). The molecule has 0 bridgehead atoms. The van der Waals surface area contributed by atoms with Crippen molar-refractivity contribution in [1.29, 1.82) is 0 Å². The third-order valence-corrected chi connectivity index (χ3v) is 3.36. The van der Waals surface area contributed by atoms with E-state index < -0.39 is 0 Å². The minimum atomic E-state index is -0.00260. The maximum atomic E-state index is 11.7. The third-order valence-electron chi connectivity index (χ3n) is 3.36. The summed E-state index contributed by atoms with van der Waals surface area (Å²) < 4.78 is 0. The molecule has 1 saturated heterocycles. The number of carbonyl (C=O) groups is 1. The van der Waals surface area contributed by atoms with Crippen molar-refractivity contribution in [3.05, 3.63) is 0 Å². The molecule has 0 radical (unpaired) electrons. The molecule has 1 heterocycles. The van der Waals surface area contributed by atoms with Crippen molar-refractivity contribution in [3.63, 3.8) is 0 Å². The van der Waals surface area contributed by atoms with Gasteiger partial charge in [0, 0.05) is 25.0 Å². The van der Waals surface area contributed by atoms with Crippen LogP contribution in [0, 0.1) is 0 Å². The van der Waals surface area contributed by atoms with Crippen LogP contribution in [-0.4, -0.2) is 42.5 Å². The number of likely N-dealkylation sites (tertiary alicyclic amines) is 1. The maximum absolute atomic E-state index is 11.7. The molecule has 4 nitrogen and oxygen atoms in total. The minimum absolute atomic E-state index is 0.00260. The van der Waals surface area contributed by atoms with E-state index in [0.29, 0.717) is 6.42 Å². The molecule has 0 aromatic rings. The molecule has 0 aromatic heterocycles. The number of nitrogens with one attached hydrogen (secondary N) is 1. The Hall–Kier alpha value is -0.610. The summed E-state index contributed by atoms with van der Waals surface area (Å²) in [4.78, 5) is 14.1. The second kappa shape index (κ2) is 7.67. The largest absolute Gasteiger partial charge is 0.352 e. The lowest BCUT2D eigenvalue weighted by molar-refractivity contribution is -0.122. The van der Waals surface area contributed by atoms with E-state index in [-0.39, 0.29) is 18.0 Å². The average Bonchev–Trinajstić information content (AvgIpc) is 2.29. The van der Waals surface area contributed by atoms with E-state index in [1.165, 1.54) is 32.4 Å². The first kappa shape index (κ1) is 14.5. The van der Waals surface area contributed by atoms with Crippen molar-refractivity contribution >= 4 is 5.91 Å². The Bertz CT molecular complexity index is 227. The van der Waals surface area contributed by atoms with Gasteiger partial charge in [-0.2, -0.15) is 0 Å². The first-order chi connectivity index (χ1) is 8.11. The summed E-state index contributed by atoms with van der Waals surface area (Å²) in [6.45, 7) is 7.40. The Morgan fingerprint density at radius 1 is 1.35 bits per heavy atom. The van der Waals surface area contributed by atoms with Gasteiger partial charge in [0.25, 0.3) is 0 Å². The second-order valence-electron chi connectivity index (χ2n) is 5.20. The molecule has 0 spiro atoms. The first-order valence-electron chi connectivity index (χ1n) is 6.89. The Balaban J connectivity index is 2.18. The topological polar surface area (TPSA) is 58.4 Å². The van der Waals surface area contributed by atoms with E-state index >= 15 is 0 Å². The Kier molecular flexibility index (Phi) is 6.52. The zero-order chi connectivity index (χ0) is 12.7. The number of amides is 1. The number of rotatable bonds is 6. The third kappa shape index (κ3) is 6.03. The summed E-state index contributed by atoms with van der Waals surface area (Å²) in [6.07, 6.45) is 5.24. The zero-order valence-electron chi connectivity index (χ0n) is 11.2. The summed E-state index contributed by atoms with van der Waals surface area (Å²) in [5.74, 6) is 0.0869. The van der Waals surface area contributed by atoms with Crippen LogP contribution in [0.25, 0.3) is 0 Å². The van der Waals surface area contributed by atoms with E-state index in [9.17, 15) is 4.79 Å². The number of hydrogen-bond donors (Lipinski definition) is 2. The molecule has 3 N–H and O–H groups in total. The lowest BCUT2D eigenvalue weighted by Crippen LogP contribution is -2.44. The van der Waals surface area contributed by atoms with Crippen LogP contribution in [0.15, 0.2) is 0 Å². The molecule has 1 amide bonds. The van der Waals surface area contributed by atoms with Gasteiger partial charge in [-0.3, -0.25) is 4.79 Å². The predicted octanol–water partition coefficient (Wildman–Crippen LogP) is 1.10. The molecule has 2 unspecified atom stereocenters. The lowest BCUT2D eigenvalue weighted by atomic mass is 10.1. The number of carbonyl (C=O) groups excluding carboxylic acids is 1. The monoisotopic (exact) mass is 241 g/mol. The van der Waals surface area contributed by atoms with E-state index in [1.807, 2.05) is 6.92 Å². The van der Waals surface area contributed by atoms with Gasteiger partial charge in [0.1, 0.15) is 0 Å². The maximum Gasteiger partial charge on any atom is 0.221 e. The molecule has 100 valence electrons. The van der Waals surface area contributed by atoms with Gasteiger partial charge in [-0.05, 0) is 39.3 Å². The SMILES string of the molecule is CCC(N)CC(=O)NC(C)CN1CCCCC1. The number of nitrogens with two attached hydrogens (primary N) is 1. The van der Waals surface area contributed by atoms with Crippen LogP contribution in [0.2, 0.25) is 0 Å². The Labute approximate surface area is 105 Å². The molecule has 0 aromatic carbocycles. The van der Waals surface area contributed by atoms with Crippen molar-refractivity contribution in [2.45, 2.75) is 58.0 Å². The van der Waals surface area contributed by atoms with E-state index in [2.05, 4.69) is 17.1 Å². The van der Waals surface area contributed by atoms with Crippen LogP contribution in [0.4, 0.5) is 0 Å². The van der Waals surface area contributed by atoms with E-state index in [1.54, 1.807) is 0 Å². The minimum Gasteiger partial charge on any atom is -0.352 e. The highest BCUT2D eigenvalue weighted by Crippen LogP contribution is 2.08. The van der Waals surface area contributed by atoms with Crippen LogP contribution >= 0.6 is 0 Å². The average molecular weight is 241 g/mol. The predicted molar refractivity (Wildman–Crippen MR) is 70.8 cm³/mol. The van der Waals surface area contributed by atoms with Gasteiger partial charge in [-0.15, -0.1) is 0 Å². The van der Waals surface area contributed by atoms with Crippen LogP contribution in [0.5, 0.6) is 0 Å². The summed E-state index contributed by atoms with van der Waals surface area (Å²) in [7, 11) is 0. The van der Waals surface area contributed by atoms with Crippen molar-refractivity contribution in [2.24, 2.45) is 5.73 Å². The summed E-state index contributed by atoms with van der Waals surface area (Å²) in [5.41, 5.74) is 5.76. The molecule has 0 aliphatic carbocycles. The fraction of sp³-hybridized carbons (Fsp3) is 0.923. The fourth-order valence-corrected chi connectivity index (χ4v) is 2.29. The number of piperidine rings is 1. The molecular formula is C13H27N3O. The summed E-state index contributed by atoms with van der Waals surface area (Å²) in [5, 5.41) is 3.03. The van der Waals surface area contributed by atoms with Crippen molar-refractivity contribution < 1.29 is 4.79 Å². The molecular weight excluding hydrogens is 214 g/mol. The number of hydrogen-bond acceptors (Lipinski definition) is 3. The van der Waals surface area contributed by atoms with E-state index in [4.69, 9.17) is 5.73 Å². The van der Waals surface area contributed by atoms with Gasteiger partial charge in [0.05, 0.1) is 0 Å². The van der Waals surface area contributed by atoms with Crippen LogP contribution in [0.1, 0.15) is 46.0 Å². The second-order valence-corrected chi connectivity index (χ2v) is 5.20. The van der Waals surface area contributed by atoms with Crippen molar-refractivity contribution in [2.75, 3.05) is 19.6 Å². The van der Waals surface area contributed by atoms with E-state index in [0.717, 1.165) is 13.0 Å². The highest BCUT2D eigenvalue weighted by atomic mass is 16.1. The van der Waals surface area contributed by atoms with Crippen LogP contribution in [0.3, 0.4) is 0 Å². The zero-order valence-corrected chi connectivity index (χ0v) is 11.2. The van der Waals surface area contributed by atoms with Crippen molar-refractivity contribution in [3.8, 4) is 0 Å². The van der Waals surface area contributed by atoms with Gasteiger partial charge in [0.15, 0.2) is 0 Å². The fourth-order valence-electron chi connectivity index (χ4n) is 2.29. The molecule has 1 fully saturated rings. The Morgan fingerprint density at radius 3 is 2.59 bits per heavy atom. The lowest BCUT2D eigenvalue weighted by Gasteiger charge is -2.29. The normalized spacial score (nSPS) is 20.9. The summed E-state index contributed by atoms with van der Waals surface area (Å²) in [6, 6.07) is 0.224. The molecule has 4 heteroatoms. The first-order valence-corrected chi connectivity index (χ1v) is 6.89. The highest BCUT2D eigenvalue weighted by molar-refractivity contribution is 5.76. The van der Waals surface area contributed by atoms with Gasteiger partial charge in [-0.25, -0.2) is 0 Å². The summed E-state index contributed by atoms with van der Waals surface area (Å²) >= 11 is 0. The molecule has 1 aliphatic rings. The molecule has 2 atom stereocenters. The van der Waals surface area contributed by atoms with Gasteiger partial charge in [-0.1, -0.05) is 13.3 Å². The van der Waals surface area contributed by atoms with Crippen LogP contribution < -0.4 is 11.1 Å². The van der Waals surface area contributed by atoms with Gasteiger partial charge >= 0.3 is 0 Å². The molecule has 1 aliphatic heterocycles. The van der Waals surface area contributed by atoms with Crippen LogP contribution in [-0.2, 0) is 4.79 Å². The van der Waals surface area contributed by atoms with Gasteiger partial charge in [0.2, 0.25) is 5.91 Å². The molecule has 17 heavy (non-hydrogen) atoms. The highest BCUT2D eigenvalue weighted by Gasteiger charge is 2.15. The quantitative estimate of drug-likeness (QED) is 0.732. The van der Waals surface area contributed by atoms with Crippen molar-refractivity contribution in [1.82, 2.24) is 10.2 Å². The Morgan fingerprint density at radius 2 is 2.00 bits per heavy atom. The number of nitrogens with zero attached hydrogens (tertiary/aromatic N) is 1. The van der Waals surface area contributed by atoms with Gasteiger partial charge < -0.3 is 16.0 Å². The molecule has 0 saturated carbocycles. The smallest absolute Gasteiger partial charge is 0.221 e. The molecule has 1 rings (SSSR count).